The summed E-state index contributed by atoms with van der Waals surface area (Å²) in [5.74, 6) is -0.416. The lowest BCUT2D eigenvalue weighted by Gasteiger charge is -2.39. The number of rotatable bonds is 4. The van der Waals surface area contributed by atoms with Crippen LogP contribution in [0.2, 0.25) is 0 Å². The highest BCUT2D eigenvalue weighted by Crippen LogP contribution is 2.37. The quantitative estimate of drug-likeness (QED) is 0.586. The predicted molar refractivity (Wildman–Crippen MR) is 117 cm³/mol. The molecule has 0 radical (unpaired) electrons. The molecule has 30 heavy (non-hydrogen) atoms. The molecule has 0 aromatic heterocycles. The van der Waals surface area contributed by atoms with Gasteiger partial charge in [-0.05, 0) is 34.9 Å². The summed E-state index contributed by atoms with van der Waals surface area (Å²) in [6.45, 7) is 1.97. The molecule has 152 valence electrons. The first-order valence-corrected chi connectivity index (χ1v) is 9.88. The predicted octanol–water partition coefficient (Wildman–Crippen LogP) is 4.90. The molecule has 0 spiro atoms. The lowest BCUT2D eigenvalue weighted by molar-refractivity contribution is -0.141. The second-order valence-corrected chi connectivity index (χ2v) is 7.52. The van der Waals surface area contributed by atoms with Gasteiger partial charge in [0.1, 0.15) is 6.61 Å². The van der Waals surface area contributed by atoms with E-state index < -0.39 is 12.0 Å². The fourth-order valence-corrected chi connectivity index (χ4v) is 3.89. The normalized spacial score (nSPS) is 16.9. The van der Waals surface area contributed by atoms with E-state index >= 15 is 0 Å². The highest BCUT2D eigenvalue weighted by Gasteiger charge is 2.39. The molecule has 1 heterocycles. The van der Waals surface area contributed by atoms with Gasteiger partial charge in [-0.3, -0.25) is 0 Å². The Hall–Kier alpha value is -3.60. The molecule has 1 aliphatic rings. The second-order valence-electron chi connectivity index (χ2n) is 7.52. The fraction of sp³-hybridized carbons (Fsp3) is 0.200. The zero-order valence-electron chi connectivity index (χ0n) is 17.3. The standard InChI is InChI=1S/C25H24N2O3/c1-17-22(24(28)30-16-18-9-5-4-6-10-18)23(27(3)25(29)26(17)2)21-14-13-19-11-7-8-12-20(19)15-21/h4-15,23H,16H2,1-3H3. The van der Waals surface area contributed by atoms with E-state index in [2.05, 4.69) is 0 Å². The van der Waals surface area contributed by atoms with Crippen LogP contribution in [0, 0.1) is 0 Å². The molecule has 4 rings (SSSR count). The highest BCUT2D eigenvalue weighted by molar-refractivity contribution is 5.95. The van der Waals surface area contributed by atoms with Gasteiger partial charge in [0.05, 0.1) is 11.6 Å². The summed E-state index contributed by atoms with van der Waals surface area (Å²) in [7, 11) is 3.39. The van der Waals surface area contributed by atoms with Gasteiger partial charge in [-0.15, -0.1) is 0 Å². The molecule has 3 aromatic carbocycles. The Bertz CT molecular complexity index is 1140. The van der Waals surface area contributed by atoms with Crippen molar-refractivity contribution in [1.29, 1.82) is 0 Å². The molecule has 0 N–H and O–H groups in total. The maximum atomic E-state index is 13.2. The van der Waals surface area contributed by atoms with Crippen molar-refractivity contribution in [3.63, 3.8) is 0 Å². The van der Waals surface area contributed by atoms with Crippen LogP contribution >= 0.6 is 0 Å². The number of hydrogen-bond acceptors (Lipinski definition) is 3. The number of carbonyl (C=O) groups is 2. The number of allylic oxidation sites excluding steroid dienone is 1. The van der Waals surface area contributed by atoms with E-state index in [1.54, 1.807) is 25.9 Å². The van der Waals surface area contributed by atoms with Gasteiger partial charge in [-0.25, -0.2) is 9.59 Å². The first-order valence-electron chi connectivity index (χ1n) is 9.88. The van der Waals surface area contributed by atoms with Crippen molar-refractivity contribution in [2.45, 2.75) is 19.6 Å². The minimum absolute atomic E-state index is 0.162. The Balaban J connectivity index is 1.73. The van der Waals surface area contributed by atoms with Crippen molar-refractivity contribution in [1.82, 2.24) is 9.80 Å². The lowest BCUT2D eigenvalue weighted by atomic mass is 9.92. The van der Waals surface area contributed by atoms with Gasteiger partial charge in [0.2, 0.25) is 0 Å². The molecule has 1 unspecified atom stereocenters. The van der Waals surface area contributed by atoms with E-state index in [4.69, 9.17) is 4.74 Å². The van der Waals surface area contributed by atoms with Gasteiger partial charge in [0, 0.05) is 19.8 Å². The average Bonchev–Trinajstić information content (AvgIpc) is 2.78. The van der Waals surface area contributed by atoms with E-state index in [-0.39, 0.29) is 12.6 Å². The van der Waals surface area contributed by atoms with Gasteiger partial charge < -0.3 is 14.5 Å². The molecule has 0 saturated carbocycles. The number of carbonyl (C=O) groups excluding carboxylic acids is 2. The maximum Gasteiger partial charge on any atom is 0.338 e. The van der Waals surface area contributed by atoms with E-state index in [9.17, 15) is 9.59 Å². The number of hydrogen-bond donors (Lipinski definition) is 0. The third kappa shape index (κ3) is 3.54. The Labute approximate surface area is 176 Å². The molecule has 0 fully saturated rings. The van der Waals surface area contributed by atoms with Crippen LogP contribution in [-0.4, -0.2) is 35.9 Å². The molecule has 0 bridgehead atoms. The maximum absolute atomic E-state index is 13.2. The Morgan fingerprint density at radius 1 is 0.933 bits per heavy atom. The van der Waals surface area contributed by atoms with E-state index in [1.807, 2.05) is 72.8 Å². The van der Waals surface area contributed by atoms with Gasteiger partial charge >= 0.3 is 12.0 Å². The smallest absolute Gasteiger partial charge is 0.338 e. The van der Waals surface area contributed by atoms with E-state index in [0.717, 1.165) is 21.9 Å². The number of nitrogens with zero attached hydrogens (tertiary/aromatic N) is 2. The first-order chi connectivity index (χ1) is 14.5. The number of benzene rings is 3. The zero-order valence-corrected chi connectivity index (χ0v) is 17.3. The number of likely N-dealkylation sites (N-methyl/N-ethyl adjacent to an activating group) is 1. The first kappa shape index (κ1) is 19.7. The fourth-order valence-electron chi connectivity index (χ4n) is 3.89. The van der Waals surface area contributed by atoms with Gasteiger partial charge in [0.15, 0.2) is 0 Å². The molecule has 0 saturated heterocycles. The molecule has 5 heteroatoms. The van der Waals surface area contributed by atoms with Crippen molar-refractivity contribution in [3.8, 4) is 0 Å². The Kier molecular flexibility index (Phi) is 5.27. The number of urea groups is 1. The summed E-state index contributed by atoms with van der Waals surface area (Å²) >= 11 is 0. The summed E-state index contributed by atoms with van der Waals surface area (Å²) in [6.07, 6.45) is 0. The topological polar surface area (TPSA) is 49.9 Å². The summed E-state index contributed by atoms with van der Waals surface area (Å²) in [5, 5.41) is 2.17. The molecular weight excluding hydrogens is 376 g/mol. The number of amides is 2. The number of fused-ring (bicyclic) bond motifs is 1. The van der Waals surface area contributed by atoms with E-state index in [0.29, 0.717) is 11.3 Å². The summed E-state index contributed by atoms with van der Waals surface area (Å²) in [5.41, 5.74) is 2.88. The second kappa shape index (κ2) is 8.03. The van der Waals surface area contributed by atoms with Crippen molar-refractivity contribution in [3.05, 3.63) is 95.2 Å². The molecule has 0 aliphatic carbocycles. The summed E-state index contributed by atoms with van der Waals surface area (Å²) in [6, 6.07) is 23.0. The number of ether oxygens (including phenoxy) is 1. The van der Waals surface area contributed by atoms with Crippen molar-refractivity contribution in [2.24, 2.45) is 0 Å². The minimum Gasteiger partial charge on any atom is -0.457 e. The zero-order chi connectivity index (χ0) is 21.3. The minimum atomic E-state index is -0.512. The van der Waals surface area contributed by atoms with Gasteiger partial charge in [-0.1, -0.05) is 66.7 Å². The summed E-state index contributed by atoms with van der Waals surface area (Å²) < 4.78 is 5.65. The average molecular weight is 400 g/mol. The molecule has 3 aromatic rings. The van der Waals surface area contributed by atoms with Crippen molar-refractivity contribution >= 4 is 22.8 Å². The van der Waals surface area contributed by atoms with Gasteiger partial charge in [0.25, 0.3) is 0 Å². The van der Waals surface area contributed by atoms with E-state index in [1.165, 1.54) is 4.90 Å². The molecular formula is C25H24N2O3. The Morgan fingerprint density at radius 3 is 2.33 bits per heavy atom. The van der Waals surface area contributed by atoms with Crippen LogP contribution in [0.5, 0.6) is 0 Å². The summed E-state index contributed by atoms with van der Waals surface area (Å²) in [4.78, 5) is 29.1. The van der Waals surface area contributed by atoms with Crippen LogP contribution < -0.4 is 0 Å². The Morgan fingerprint density at radius 2 is 1.60 bits per heavy atom. The van der Waals surface area contributed by atoms with Gasteiger partial charge in [-0.2, -0.15) is 0 Å². The highest BCUT2D eigenvalue weighted by atomic mass is 16.5. The van der Waals surface area contributed by atoms with Crippen LogP contribution in [0.3, 0.4) is 0 Å². The van der Waals surface area contributed by atoms with Crippen molar-refractivity contribution in [2.75, 3.05) is 14.1 Å². The lowest BCUT2D eigenvalue weighted by Crippen LogP contribution is -2.47. The van der Waals surface area contributed by atoms with Crippen molar-refractivity contribution < 1.29 is 14.3 Å². The third-order valence-electron chi connectivity index (χ3n) is 5.66. The van der Waals surface area contributed by atoms with Crippen LogP contribution in [0.15, 0.2) is 84.1 Å². The molecule has 1 atom stereocenters. The van der Waals surface area contributed by atoms with Crippen LogP contribution in [0.4, 0.5) is 4.79 Å². The molecule has 1 aliphatic heterocycles. The van der Waals surface area contributed by atoms with Crippen LogP contribution in [0.25, 0.3) is 10.8 Å². The third-order valence-corrected chi connectivity index (χ3v) is 5.66. The largest absolute Gasteiger partial charge is 0.457 e. The molecule has 5 nitrogen and oxygen atoms in total. The number of esters is 1. The molecule has 2 amide bonds. The SMILES string of the molecule is CC1=C(C(=O)OCc2ccccc2)C(c2ccc3ccccc3c2)N(C)C(=O)N1C. The van der Waals surface area contributed by atoms with Crippen LogP contribution in [-0.2, 0) is 16.1 Å². The van der Waals surface area contributed by atoms with Crippen LogP contribution in [0.1, 0.15) is 24.1 Å². The monoisotopic (exact) mass is 400 g/mol.